The maximum atomic E-state index is 5.77. The topological polar surface area (TPSA) is 41.3 Å². The highest BCUT2D eigenvalue weighted by Gasteiger charge is 2.30. The Morgan fingerprint density at radius 1 is 1.40 bits per heavy atom. The maximum Gasteiger partial charge on any atom is 0.208 e. The van der Waals surface area contributed by atoms with Crippen LogP contribution in [0.15, 0.2) is 4.42 Å². The van der Waals surface area contributed by atoms with Crippen LogP contribution in [0.4, 0.5) is 0 Å². The van der Waals surface area contributed by atoms with Gasteiger partial charge in [0.15, 0.2) is 0 Å². The second-order valence-corrected chi connectivity index (χ2v) is 6.38. The fraction of sp³-hybridized carbons (Fsp3) is 0.812. The minimum absolute atomic E-state index is 0.565. The zero-order valence-electron chi connectivity index (χ0n) is 13.6. The van der Waals surface area contributed by atoms with Gasteiger partial charge in [-0.15, -0.1) is 0 Å². The third kappa shape index (κ3) is 3.61. The molecule has 20 heavy (non-hydrogen) atoms. The van der Waals surface area contributed by atoms with Crippen LogP contribution < -0.4 is 5.32 Å². The molecule has 1 aromatic heterocycles. The fourth-order valence-corrected chi connectivity index (χ4v) is 3.06. The van der Waals surface area contributed by atoms with Gasteiger partial charge in [0.25, 0.3) is 0 Å². The molecule has 114 valence electrons. The molecule has 2 unspecified atom stereocenters. The molecule has 0 spiro atoms. The summed E-state index contributed by atoms with van der Waals surface area (Å²) < 4.78 is 5.77. The van der Waals surface area contributed by atoms with E-state index in [9.17, 15) is 0 Å². The monoisotopic (exact) mass is 279 g/mol. The van der Waals surface area contributed by atoms with Gasteiger partial charge in [-0.1, -0.05) is 27.2 Å². The highest BCUT2D eigenvalue weighted by molar-refractivity contribution is 5.05. The molecule has 2 atom stereocenters. The lowest BCUT2D eigenvalue weighted by Crippen LogP contribution is -2.57. The molecule has 1 N–H and O–H groups in total. The Hall–Kier alpha value is -0.870. The molecule has 1 aliphatic rings. The third-order valence-corrected chi connectivity index (χ3v) is 4.36. The SMILES string of the molecule is CCCC1CN(Cc2nc(C)c(C)o2)C(C(C)C)CN1. The normalized spacial score (nSPS) is 24.5. The quantitative estimate of drug-likeness (QED) is 0.900. The van der Waals surface area contributed by atoms with E-state index in [4.69, 9.17) is 4.42 Å². The van der Waals surface area contributed by atoms with Crippen molar-refractivity contribution >= 4 is 0 Å². The summed E-state index contributed by atoms with van der Waals surface area (Å²) in [5.74, 6) is 2.45. The van der Waals surface area contributed by atoms with Gasteiger partial charge in [0.1, 0.15) is 5.76 Å². The van der Waals surface area contributed by atoms with Crippen molar-refractivity contribution in [3.8, 4) is 0 Å². The number of piperazine rings is 1. The van der Waals surface area contributed by atoms with Crippen molar-refractivity contribution < 1.29 is 4.42 Å². The first-order chi connectivity index (χ1) is 9.51. The smallest absolute Gasteiger partial charge is 0.208 e. The van der Waals surface area contributed by atoms with Gasteiger partial charge in [-0.2, -0.15) is 0 Å². The Kier molecular flexibility index (Phi) is 5.22. The molecule has 2 heterocycles. The first kappa shape index (κ1) is 15.5. The number of nitrogens with one attached hydrogen (secondary N) is 1. The number of aromatic nitrogens is 1. The van der Waals surface area contributed by atoms with Crippen molar-refractivity contribution in [3.05, 3.63) is 17.3 Å². The van der Waals surface area contributed by atoms with E-state index in [-0.39, 0.29) is 0 Å². The molecule has 0 bridgehead atoms. The van der Waals surface area contributed by atoms with E-state index in [1.165, 1.54) is 12.8 Å². The summed E-state index contributed by atoms with van der Waals surface area (Å²) in [6, 6.07) is 1.17. The lowest BCUT2D eigenvalue weighted by Gasteiger charge is -2.41. The van der Waals surface area contributed by atoms with Crippen molar-refractivity contribution in [3.63, 3.8) is 0 Å². The molecule has 4 nitrogen and oxygen atoms in total. The predicted molar refractivity (Wildman–Crippen MR) is 81.7 cm³/mol. The van der Waals surface area contributed by atoms with Crippen LogP contribution in [0, 0.1) is 19.8 Å². The van der Waals surface area contributed by atoms with Crippen LogP contribution in [0.25, 0.3) is 0 Å². The summed E-state index contributed by atoms with van der Waals surface area (Å²) in [7, 11) is 0. The summed E-state index contributed by atoms with van der Waals surface area (Å²) in [5.41, 5.74) is 1.02. The van der Waals surface area contributed by atoms with Gasteiger partial charge in [-0.3, -0.25) is 4.90 Å². The number of hydrogen-bond acceptors (Lipinski definition) is 4. The largest absolute Gasteiger partial charge is 0.444 e. The number of rotatable bonds is 5. The fourth-order valence-electron chi connectivity index (χ4n) is 3.06. The van der Waals surface area contributed by atoms with Crippen LogP contribution in [-0.4, -0.2) is 35.1 Å². The molecule has 0 aromatic carbocycles. The van der Waals surface area contributed by atoms with Gasteiger partial charge in [0.05, 0.1) is 12.2 Å². The number of aryl methyl sites for hydroxylation is 2. The van der Waals surface area contributed by atoms with E-state index in [0.717, 1.165) is 37.0 Å². The van der Waals surface area contributed by atoms with Crippen molar-refractivity contribution in [1.29, 1.82) is 0 Å². The highest BCUT2D eigenvalue weighted by atomic mass is 16.4. The maximum absolute atomic E-state index is 5.77. The predicted octanol–water partition coefficient (Wildman–Crippen LogP) is 2.89. The second-order valence-electron chi connectivity index (χ2n) is 6.38. The minimum atomic E-state index is 0.565. The molecular weight excluding hydrogens is 250 g/mol. The van der Waals surface area contributed by atoms with Gasteiger partial charge >= 0.3 is 0 Å². The molecule has 2 rings (SSSR count). The summed E-state index contributed by atoms with van der Waals surface area (Å²) in [6.07, 6.45) is 2.47. The number of hydrogen-bond donors (Lipinski definition) is 1. The summed E-state index contributed by atoms with van der Waals surface area (Å²) >= 11 is 0. The minimum Gasteiger partial charge on any atom is -0.444 e. The van der Waals surface area contributed by atoms with Crippen LogP contribution in [-0.2, 0) is 6.54 Å². The van der Waals surface area contributed by atoms with E-state index < -0.39 is 0 Å². The Bertz CT molecular complexity index is 408. The van der Waals surface area contributed by atoms with Gasteiger partial charge in [-0.05, 0) is 26.2 Å². The van der Waals surface area contributed by atoms with E-state index in [0.29, 0.717) is 18.0 Å². The average Bonchev–Trinajstić information content (AvgIpc) is 2.68. The Labute approximate surface area is 122 Å². The highest BCUT2D eigenvalue weighted by Crippen LogP contribution is 2.20. The molecule has 4 heteroatoms. The molecule has 1 aliphatic heterocycles. The van der Waals surface area contributed by atoms with Crippen molar-refractivity contribution in [2.75, 3.05) is 13.1 Å². The molecule has 0 saturated carbocycles. The molecule has 0 radical (unpaired) electrons. The second kappa shape index (κ2) is 6.72. The number of nitrogens with zero attached hydrogens (tertiary/aromatic N) is 2. The van der Waals surface area contributed by atoms with E-state index >= 15 is 0 Å². The van der Waals surface area contributed by atoms with Crippen LogP contribution >= 0.6 is 0 Å². The summed E-state index contributed by atoms with van der Waals surface area (Å²) in [4.78, 5) is 7.09. The molecule has 1 fully saturated rings. The standard InChI is InChI=1S/C16H29N3O/c1-6-7-14-9-19(15(8-17-14)11(2)3)10-16-18-12(4)13(5)20-16/h11,14-15,17H,6-10H2,1-5H3. The molecular formula is C16H29N3O. The first-order valence-corrected chi connectivity index (χ1v) is 7.91. The van der Waals surface area contributed by atoms with E-state index in [2.05, 4.69) is 36.0 Å². The number of oxazole rings is 1. The molecule has 1 aromatic rings. The zero-order valence-corrected chi connectivity index (χ0v) is 13.6. The van der Waals surface area contributed by atoms with Gasteiger partial charge in [-0.25, -0.2) is 4.98 Å². The van der Waals surface area contributed by atoms with Gasteiger partial charge in [0.2, 0.25) is 5.89 Å². The summed E-state index contributed by atoms with van der Waals surface area (Å²) in [6.45, 7) is 13.8. The first-order valence-electron chi connectivity index (χ1n) is 7.91. The van der Waals surface area contributed by atoms with E-state index in [1.807, 2.05) is 13.8 Å². The molecule has 0 aliphatic carbocycles. The average molecular weight is 279 g/mol. The van der Waals surface area contributed by atoms with Crippen LogP contribution in [0.3, 0.4) is 0 Å². The molecule has 1 saturated heterocycles. The van der Waals surface area contributed by atoms with Gasteiger partial charge < -0.3 is 9.73 Å². The lowest BCUT2D eigenvalue weighted by molar-refractivity contribution is 0.0797. The third-order valence-electron chi connectivity index (χ3n) is 4.36. The van der Waals surface area contributed by atoms with Crippen molar-refractivity contribution in [2.24, 2.45) is 5.92 Å². The lowest BCUT2D eigenvalue weighted by atomic mass is 9.97. The molecule has 0 amide bonds. The van der Waals surface area contributed by atoms with Crippen molar-refractivity contribution in [1.82, 2.24) is 15.2 Å². The Balaban J connectivity index is 2.06. The van der Waals surface area contributed by atoms with Crippen molar-refractivity contribution in [2.45, 2.75) is 66.1 Å². The van der Waals surface area contributed by atoms with Crippen LogP contribution in [0.5, 0.6) is 0 Å². The zero-order chi connectivity index (χ0) is 14.7. The summed E-state index contributed by atoms with van der Waals surface area (Å²) in [5, 5.41) is 3.69. The van der Waals surface area contributed by atoms with Crippen LogP contribution in [0.2, 0.25) is 0 Å². The Morgan fingerprint density at radius 3 is 2.70 bits per heavy atom. The Morgan fingerprint density at radius 2 is 2.15 bits per heavy atom. The van der Waals surface area contributed by atoms with E-state index in [1.54, 1.807) is 0 Å². The van der Waals surface area contributed by atoms with Gasteiger partial charge in [0, 0.05) is 25.2 Å². The van der Waals surface area contributed by atoms with Crippen LogP contribution in [0.1, 0.15) is 51.0 Å².